The Morgan fingerprint density at radius 2 is 1.96 bits per heavy atom. The molecule has 0 aliphatic rings. The predicted molar refractivity (Wildman–Crippen MR) is 99.0 cm³/mol. The first-order valence-corrected chi connectivity index (χ1v) is 8.94. The Kier molecular flexibility index (Phi) is 5.41. The summed E-state index contributed by atoms with van der Waals surface area (Å²) in [5.41, 5.74) is 3.09. The normalized spacial score (nSPS) is 12.7. The van der Waals surface area contributed by atoms with Crippen molar-refractivity contribution >= 4 is 22.8 Å². The van der Waals surface area contributed by atoms with Gasteiger partial charge in [-0.2, -0.15) is 8.78 Å². The molecule has 2 heterocycles. The molecule has 0 fully saturated rings. The topological polar surface area (TPSA) is 39.9 Å². The fraction of sp³-hybridized carbons (Fsp3) is 0.368. The molecule has 7 heteroatoms. The van der Waals surface area contributed by atoms with Crippen LogP contribution in [0.25, 0.3) is 22.3 Å². The van der Waals surface area contributed by atoms with Crippen molar-refractivity contribution in [2.75, 3.05) is 0 Å². The van der Waals surface area contributed by atoms with Gasteiger partial charge in [-0.05, 0) is 37.6 Å². The van der Waals surface area contributed by atoms with Crippen molar-refractivity contribution in [3.63, 3.8) is 0 Å². The molecule has 1 unspecified atom stereocenters. The maximum absolute atomic E-state index is 12.4. The molecule has 0 aliphatic heterocycles. The van der Waals surface area contributed by atoms with Gasteiger partial charge in [0.05, 0.1) is 5.02 Å². The zero-order valence-electron chi connectivity index (χ0n) is 14.8. The highest BCUT2D eigenvalue weighted by molar-refractivity contribution is 6.33. The van der Waals surface area contributed by atoms with Crippen LogP contribution in [0, 0.1) is 0 Å². The second kappa shape index (κ2) is 7.58. The second-order valence-corrected chi connectivity index (χ2v) is 6.47. The largest absolute Gasteiger partial charge is 0.435 e. The van der Waals surface area contributed by atoms with E-state index in [0.29, 0.717) is 10.6 Å². The van der Waals surface area contributed by atoms with Crippen LogP contribution in [0.5, 0.6) is 5.75 Å². The highest BCUT2D eigenvalue weighted by atomic mass is 35.5. The number of nitrogens with zero attached hydrogens (tertiary/aromatic N) is 3. The standard InChI is InChI=1S/C19H20ClF2N3O/c1-4-11(3)25-16(5-2)24-17-14(8-9-23-18(17)25)13-7-6-12(10-15(13)20)26-19(21)22/h6-11,19H,4-5H2,1-3H3. The molecule has 3 rings (SSSR count). The quantitative estimate of drug-likeness (QED) is 0.536. The summed E-state index contributed by atoms with van der Waals surface area (Å²) in [6.07, 6.45) is 3.47. The summed E-state index contributed by atoms with van der Waals surface area (Å²) < 4.78 is 31.3. The third-order valence-electron chi connectivity index (χ3n) is 4.46. The minimum atomic E-state index is -2.89. The molecule has 0 radical (unpaired) electrons. The van der Waals surface area contributed by atoms with Gasteiger partial charge in [0.2, 0.25) is 0 Å². The van der Waals surface area contributed by atoms with Gasteiger partial charge in [-0.3, -0.25) is 0 Å². The van der Waals surface area contributed by atoms with E-state index in [0.717, 1.165) is 35.4 Å². The number of hydrogen-bond acceptors (Lipinski definition) is 3. The van der Waals surface area contributed by atoms with Gasteiger partial charge in [-0.1, -0.05) is 25.4 Å². The molecule has 0 saturated carbocycles. The van der Waals surface area contributed by atoms with Gasteiger partial charge < -0.3 is 9.30 Å². The van der Waals surface area contributed by atoms with Crippen molar-refractivity contribution in [1.29, 1.82) is 0 Å². The molecule has 0 amide bonds. The van der Waals surface area contributed by atoms with E-state index in [2.05, 4.69) is 35.1 Å². The zero-order valence-corrected chi connectivity index (χ0v) is 15.6. The second-order valence-electron chi connectivity index (χ2n) is 6.06. The molecule has 1 atom stereocenters. The molecule has 0 saturated heterocycles. The SMILES string of the molecule is CCc1nc2c(-c3ccc(OC(F)F)cc3Cl)ccnc2n1C(C)CC. The monoisotopic (exact) mass is 379 g/mol. The number of ether oxygens (including phenoxy) is 1. The molecule has 0 aliphatic carbocycles. The summed E-state index contributed by atoms with van der Waals surface area (Å²) in [5.74, 6) is 0.988. The third-order valence-corrected chi connectivity index (χ3v) is 4.77. The number of pyridine rings is 1. The number of imidazole rings is 1. The molecule has 1 aromatic carbocycles. The van der Waals surface area contributed by atoms with Crippen molar-refractivity contribution in [3.05, 3.63) is 41.3 Å². The maximum atomic E-state index is 12.4. The summed E-state index contributed by atoms with van der Waals surface area (Å²) in [4.78, 5) is 9.30. The predicted octanol–water partition coefficient (Wildman–Crippen LogP) is 5.89. The van der Waals surface area contributed by atoms with Crippen molar-refractivity contribution in [1.82, 2.24) is 14.5 Å². The van der Waals surface area contributed by atoms with E-state index < -0.39 is 6.61 Å². The Bertz CT molecular complexity index is 927. The lowest BCUT2D eigenvalue weighted by atomic mass is 10.1. The van der Waals surface area contributed by atoms with Crippen LogP contribution >= 0.6 is 11.6 Å². The van der Waals surface area contributed by atoms with Crippen LogP contribution in [0.1, 0.15) is 39.1 Å². The number of rotatable bonds is 6. The Hall–Kier alpha value is -2.21. The first-order chi connectivity index (χ1) is 12.5. The van der Waals surface area contributed by atoms with E-state index in [9.17, 15) is 8.78 Å². The van der Waals surface area contributed by atoms with Gasteiger partial charge in [0.15, 0.2) is 5.65 Å². The minimum Gasteiger partial charge on any atom is -0.435 e. The fourth-order valence-electron chi connectivity index (χ4n) is 3.04. The van der Waals surface area contributed by atoms with Crippen molar-refractivity contribution in [2.24, 2.45) is 0 Å². The Balaban J connectivity index is 2.16. The fourth-order valence-corrected chi connectivity index (χ4v) is 3.31. The molecule has 138 valence electrons. The van der Waals surface area contributed by atoms with Gasteiger partial charge in [-0.15, -0.1) is 0 Å². The van der Waals surface area contributed by atoms with Crippen molar-refractivity contribution < 1.29 is 13.5 Å². The smallest absolute Gasteiger partial charge is 0.387 e. The molecule has 4 nitrogen and oxygen atoms in total. The van der Waals surface area contributed by atoms with E-state index in [-0.39, 0.29) is 11.8 Å². The number of fused-ring (bicyclic) bond motifs is 1. The highest BCUT2D eigenvalue weighted by Gasteiger charge is 2.19. The molecule has 0 bridgehead atoms. The van der Waals surface area contributed by atoms with E-state index in [1.807, 2.05) is 6.07 Å². The average Bonchev–Trinajstić information content (AvgIpc) is 2.99. The van der Waals surface area contributed by atoms with E-state index >= 15 is 0 Å². The lowest BCUT2D eigenvalue weighted by Gasteiger charge is -2.14. The number of benzene rings is 1. The molecule has 0 spiro atoms. The number of hydrogen-bond donors (Lipinski definition) is 0. The van der Waals surface area contributed by atoms with E-state index in [1.165, 1.54) is 12.1 Å². The first-order valence-electron chi connectivity index (χ1n) is 8.56. The number of halogens is 3. The van der Waals surface area contributed by atoms with Crippen LogP contribution in [0.2, 0.25) is 5.02 Å². The summed E-state index contributed by atoms with van der Waals surface area (Å²) in [5, 5.41) is 0.326. The summed E-state index contributed by atoms with van der Waals surface area (Å²) in [6, 6.07) is 6.65. The summed E-state index contributed by atoms with van der Waals surface area (Å²) >= 11 is 6.34. The Morgan fingerprint density at radius 1 is 1.19 bits per heavy atom. The number of aryl methyl sites for hydroxylation is 1. The van der Waals surface area contributed by atoms with E-state index in [1.54, 1.807) is 12.3 Å². The van der Waals surface area contributed by atoms with Crippen molar-refractivity contribution in [2.45, 2.75) is 46.3 Å². The summed E-state index contributed by atoms with van der Waals surface area (Å²) in [7, 11) is 0. The van der Waals surface area contributed by atoms with Gasteiger partial charge in [-0.25, -0.2) is 9.97 Å². The van der Waals surface area contributed by atoms with Crippen LogP contribution in [0.15, 0.2) is 30.5 Å². The number of aromatic nitrogens is 3. The zero-order chi connectivity index (χ0) is 18.8. The molecule has 0 N–H and O–H groups in total. The lowest BCUT2D eigenvalue weighted by molar-refractivity contribution is -0.0498. The van der Waals surface area contributed by atoms with Gasteiger partial charge in [0.25, 0.3) is 0 Å². The first kappa shape index (κ1) is 18.6. The molecule has 2 aromatic heterocycles. The van der Waals surface area contributed by atoms with Crippen LogP contribution in [-0.2, 0) is 6.42 Å². The van der Waals surface area contributed by atoms with Gasteiger partial charge >= 0.3 is 6.61 Å². The third kappa shape index (κ3) is 3.38. The van der Waals surface area contributed by atoms with Crippen LogP contribution in [0.4, 0.5) is 8.78 Å². The van der Waals surface area contributed by atoms with Crippen LogP contribution in [-0.4, -0.2) is 21.1 Å². The number of alkyl halides is 2. The van der Waals surface area contributed by atoms with Gasteiger partial charge in [0.1, 0.15) is 17.1 Å². The lowest BCUT2D eigenvalue weighted by Crippen LogP contribution is -2.08. The minimum absolute atomic E-state index is 0.0263. The van der Waals surface area contributed by atoms with Crippen LogP contribution in [0.3, 0.4) is 0 Å². The van der Waals surface area contributed by atoms with Crippen LogP contribution < -0.4 is 4.74 Å². The highest BCUT2D eigenvalue weighted by Crippen LogP contribution is 2.36. The maximum Gasteiger partial charge on any atom is 0.387 e. The molecule has 3 aromatic rings. The van der Waals surface area contributed by atoms with E-state index in [4.69, 9.17) is 16.6 Å². The Labute approximate surface area is 155 Å². The molecule has 26 heavy (non-hydrogen) atoms. The van der Waals surface area contributed by atoms with Gasteiger partial charge in [0, 0.05) is 29.8 Å². The molecular weight excluding hydrogens is 360 g/mol. The summed E-state index contributed by atoms with van der Waals surface area (Å²) in [6.45, 7) is 3.43. The van der Waals surface area contributed by atoms with Crippen molar-refractivity contribution in [3.8, 4) is 16.9 Å². The average molecular weight is 380 g/mol. The molecular formula is C19H20ClF2N3O. The Morgan fingerprint density at radius 3 is 2.58 bits per heavy atom.